The monoisotopic (exact) mass is 299 g/mol. The number of benzene rings is 1. The van der Waals surface area contributed by atoms with Crippen LogP contribution in [0.15, 0.2) is 18.2 Å². The number of methoxy groups -OCH3 is 1. The lowest BCUT2D eigenvalue weighted by molar-refractivity contribution is 0.0177. The molecule has 2 atom stereocenters. The predicted molar refractivity (Wildman–Crippen MR) is 80.5 cm³/mol. The van der Waals surface area contributed by atoms with E-state index in [0.717, 1.165) is 12.8 Å². The Hall–Kier alpha value is -0.640. The van der Waals surface area contributed by atoms with Gasteiger partial charge in [0.2, 0.25) is 0 Å². The summed E-state index contributed by atoms with van der Waals surface area (Å²) in [5.74, 6) is 0.245. The lowest BCUT2D eigenvalue weighted by Gasteiger charge is -2.33. The van der Waals surface area contributed by atoms with Crippen molar-refractivity contribution in [2.45, 2.75) is 50.7 Å². The van der Waals surface area contributed by atoms with E-state index in [1.54, 1.807) is 19.2 Å². The van der Waals surface area contributed by atoms with Gasteiger partial charge in [-0.2, -0.15) is 0 Å². The van der Waals surface area contributed by atoms with Gasteiger partial charge in [-0.3, -0.25) is 0 Å². The van der Waals surface area contributed by atoms with Crippen molar-refractivity contribution in [3.05, 3.63) is 34.6 Å². The summed E-state index contributed by atoms with van der Waals surface area (Å²) in [6, 6.07) is 4.41. The highest BCUT2D eigenvalue weighted by Crippen LogP contribution is 2.30. The molecule has 0 amide bonds. The molecule has 1 saturated carbocycles. The average molecular weight is 300 g/mol. The third-order valence-corrected chi connectivity index (χ3v) is 4.51. The summed E-state index contributed by atoms with van der Waals surface area (Å²) >= 11 is 5.92. The van der Waals surface area contributed by atoms with Crippen molar-refractivity contribution in [1.29, 1.82) is 0 Å². The highest BCUT2D eigenvalue weighted by atomic mass is 35.5. The second kappa shape index (κ2) is 7.39. The van der Waals surface area contributed by atoms with Gasteiger partial charge in [-0.25, -0.2) is 4.39 Å². The molecule has 2 nitrogen and oxygen atoms in total. The van der Waals surface area contributed by atoms with E-state index in [4.69, 9.17) is 22.1 Å². The van der Waals surface area contributed by atoms with E-state index in [9.17, 15) is 4.39 Å². The second-order valence-corrected chi connectivity index (χ2v) is 6.14. The van der Waals surface area contributed by atoms with E-state index in [1.165, 1.54) is 25.3 Å². The van der Waals surface area contributed by atoms with Crippen LogP contribution >= 0.6 is 11.6 Å². The van der Waals surface area contributed by atoms with Crippen molar-refractivity contribution in [1.82, 2.24) is 0 Å². The Morgan fingerprint density at radius 3 is 2.70 bits per heavy atom. The van der Waals surface area contributed by atoms with E-state index < -0.39 is 0 Å². The Balaban J connectivity index is 2.04. The third-order valence-electron chi connectivity index (χ3n) is 4.27. The minimum absolute atomic E-state index is 0.00585. The van der Waals surface area contributed by atoms with E-state index in [2.05, 4.69) is 0 Å². The maximum absolute atomic E-state index is 13.8. The molecule has 0 saturated heterocycles. The maximum Gasteiger partial charge on any atom is 0.126 e. The second-order valence-electron chi connectivity index (χ2n) is 5.70. The molecule has 1 aliphatic carbocycles. The van der Waals surface area contributed by atoms with Crippen LogP contribution in [0.3, 0.4) is 0 Å². The molecule has 0 aliphatic heterocycles. The van der Waals surface area contributed by atoms with Crippen molar-refractivity contribution in [2.24, 2.45) is 11.7 Å². The van der Waals surface area contributed by atoms with Gasteiger partial charge < -0.3 is 10.5 Å². The molecule has 0 aromatic heterocycles. The molecule has 1 aliphatic rings. The van der Waals surface area contributed by atoms with Crippen LogP contribution in [0, 0.1) is 11.7 Å². The first-order valence-corrected chi connectivity index (χ1v) is 7.72. The Morgan fingerprint density at radius 1 is 1.35 bits per heavy atom. The maximum atomic E-state index is 13.8. The number of hydrogen-bond acceptors (Lipinski definition) is 2. The fraction of sp³-hybridized carbons (Fsp3) is 0.625. The summed E-state index contributed by atoms with van der Waals surface area (Å²) in [5, 5.41) is 0.542. The topological polar surface area (TPSA) is 35.2 Å². The van der Waals surface area contributed by atoms with Gasteiger partial charge in [-0.15, -0.1) is 0 Å². The van der Waals surface area contributed by atoms with Crippen LogP contribution in [-0.2, 0) is 11.2 Å². The molecule has 1 fully saturated rings. The number of halogens is 2. The first-order valence-electron chi connectivity index (χ1n) is 7.34. The Morgan fingerprint density at radius 2 is 2.05 bits per heavy atom. The summed E-state index contributed by atoms with van der Waals surface area (Å²) in [6.45, 7) is 0. The lowest BCUT2D eigenvalue weighted by atomic mass is 9.81. The molecule has 112 valence electrons. The average Bonchev–Trinajstić information content (AvgIpc) is 2.45. The van der Waals surface area contributed by atoms with E-state index in [0.29, 0.717) is 22.9 Å². The van der Waals surface area contributed by atoms with Crippen molar-refractivity contribution in [2.75, 3.05) is 7.11 Å². The minimum atomic E-state index is -0.247. The van der Waals surface area contributed by atoms with Gasteiger partial charge in [-0.1, -0.05) is 30.9 Å². The van der Waals surface area contributed by atoms with Gasteiger partial charge in [0, 0.05) is 18.2 Å². The molecule has 1 aromatic carbocycles. The van der Waals surface area contributed by atoms with Gasteiger partial charge in [0.05, 0.1) is 6.10 Å². The molecule has 2 N–H and O–H groups in total. The quantitative estimate of drug-likeness (QED) is 0.893. The molecule has 1 aromatic rings. The first kappa shape index (κ1) is 15.7. The molecule has 2 rings (SSSR count). The summed E-state index contributed by atoms with van der Waals surface area (Å²) in [6.07, 6.45) is 6.54. The summed E-state index contributed by atoms with van der Waals surface area (Å²) in [7, 11) is 1.70. The molecule has 2 unspecified atom stereocenters. The van der Waals surface area contributed by atoms with Crippen LogP contribution < -0.4 is 5.73 Å². The molecule has 0 bridgehead atoms. The number of nitrogens with two attached hydrogens (primary N) is 1. The number of ether oxygens (including phenoxy) is 1. The van der Waals surface area contributed by atoms with Crippen LogP contribution in [0.25, 0.3) is 0 Å². The van der Waals surface area contributed by atoms with Crippen LogP contribution in [0.1, 0.15) is 37.7 Å². The summed E-state index contributed by atoms with van der Waals surface area (Å²) < 4.78 is 19.4. The Kier molecular flexibility index (Phi) is 5.82. The summed E-state index contributed by atoms with van der Waals surface area (Å²) in [5.41, 5.74) is 6.85. The van der Waals surface area contributed by atoms with Crippen molar-refractivity contribution >= 4 is 11.6 Å². The van der Waals surface area contributed by atoms with E-state index in [-0.39, 0.29) is 18.0 Å². The zero-order valence-corrected chi connectivity index (χ0v) is 12.7. The third kappa shape index (κ3) is 3.94. The highest BCUT2D eigenvalue weighted by Gasteiger charge is 2.29. The van der Waals surface area contributed by atoms with E-state index >= 15 is 0 Å². The fourth-order valence-electron chi connectivity index (χ4n) is 3.25. The smallest absolute Gasteiger partial charge is 0.126 e. The summed E-state index contributed by atoms with van der Waals surface area (Å²) in [4.78, 5) is 0. The van der Waals surface area contributed by atoms with Crippen LogP contribution in [0.4, 0.5) is 4.39 Å². The Bertz CT molecular complexity index is 434. The Labute approximate surface area is 125 Å². The fourth-order valence-corrected chi connectivity index (χ4v) is 3.44. The van der Waals surface area contributed by atoms with Crippen molar-refractivity contribution < 1.29 is 9.13 Å². The molecule has 4 heteroatoms. The first-order chi connectivity index (χ1) is 9.61. The number of hydrogen-bond donors (Lipinski definition) is 1. The lowest BCUT2D eigenvalue weighted by Crippen LogP contribution is -2.43. The molecular weight excluding hydrogens is 277 g/mol. The van der Waals surface area contributed by atoms with Gasteiger partial charge in [0.15, 0.2) is 0 Å². The zero-order chi connectivity index (χ0) is 14.5. The van der Waals surface area contributed by atoms with Gasteiger partial charge in [-0.05, 0) is 48.9 Å². The highest BCUT2D eigenvalue weighted by molar-refractivity contribution is 6.30. The molecule has 20 heavy (non-hydrogen) atoms. The van der Waals surface area contributed by atoms with Gasteiger partial charge in [0.25, 0.3) is 0 Å². The van der Waals surface area contributed by atoms with Crippen LogP contribution in [0.5, 0.6) is 0 Å². The number of rotatable bonds is 5. The van der Waals surface area contributed by atoms with Gasteiger partial charge in [0.1, 0.15) is 5.82 Å². The zero-order valence-electron chi connectivity index (χ0n) is 11.9. The van der Waals surface area contributed by atoms with Gasteiger partial charge >= 0.3 is 0 Å². The van der Waals surface area contributed by atoms with Crippen molar-refractivity contribution in [3.63, 3.8) is 0 Å². The largest absolute Gasteiger partial charge is 0.380 e. The van der Waals surface area contributed by atoms with Crippen molar-refractivity contribution in [3.8, 4) is 0 Å². The SMILES string of the molecule is COC(C(N)Cc1cc(Cl)ccc1F)C1CCCCC1. The molecule has 0 radical (unpaired) electrons. The van der Waals surface area contributed by atoms with Crippen LogP contribution in [-0.4, -0.2) is 19.3 Å². The standard InChI is InChI=1S/C16H23ClFNO/c1-20-16(11-5-3-2-4-6-11)15(19)10-12-9-13(17)7-8-14(12)18/h7-9,11,15-16H,2-6,10,19H2,1H3. The minimum Gasteiger partial charge on any atom is -0.380 e. The molecular formula is C16H23ClFNO. The predicted octanol–water partition coefficient (Wildman–Crippen LogP) is 3.94. The molecule has 0 spiro atoms. The van der Waals surface area contributed by atoms with E-state index in [1.807, 2.05) is 0 Å². The van der Waals surface area contributed by atoms with Crippen LogP contribution in [0.2, 0.25) is 5.02 Å². The molecule has 0 heterocycles. The normalized spacial score (nSPS) is 19.8.